The van der Waals surface area contributed by atoms with Crippen molar-refractivity contribution in [1.29, 1.82) is 0 Å². The van der Waals surface area contributed by atoms with Crippen LogP contribution in [0.15, 0.2) is 24.3 Å². The molecule has 2 amide bonds. The summed E-state index contributed by atoms with van der Waals surface area (Å²) in [7, 11) is 1.59. The van der Waals surface area contributed by atoms with Gasteiger partial charge in [-0.1, -0.05) is 18.2 Å². The zero-order valence-electron chi connectivity index (χ0n) is 10.7. The van der Waals surface area contributed by atoms with Gasteiger partial charge in [0.2, 0.25) is 11.8 Å². The molecule has 0 aliphatic rings. The molecule has 1 aromatic carbocycles. The quantitative estimate of drug-likeness (QED) is 0.786. The number of rotatable bonds is 6. The molecule has 18 heavy (non-hydrogen) atoms. The van der Waals surface area contributed by atoms with Crippen molar-refractivity contribution in [3.63, 3.8) is 0 Å². The number of amides is 2. The smallest absolute Gasteiger partial charge is 0.222 e. The second kappa shape index (κ2) is 7.32. The van der Waals surface area contributed by atoms with Gasteiger partial charge in [0.1, 0.15) is 5.75 Å². The Morgan fingerprint density at radius 3 is 2.61 bits per heavy atom. The Kier molecular flexibility index (Phi) is 5.70. The van der Waals surface area contributed by atoms with Crippen molar-refractivity contribution in [3.8, 4) is 5.75 Å². The second-order valence-electron chi connectivity index (χ2n) is 3.82. The van der Waals surface area contributed by atoms with E-state index < -0.39 is 0 Å². The van der Waals surface area contributed by atoms with Gasteiger partial charge in [0.25, 0.3) is 0 Å². The topological polar surface area (TPSA) is 67.4 Å². The zero-order chi connectivity index (χ0) is 13.4. The van der Waals surface area contributed by atoms with Gasteiger partial charge in [-0.05, 0) is 6.07 Å². The Morgan fingerprint density at radius 1 is 1.22 bits per heavy atom. The van der Waals surface area contributed by atoms with E-state index in [1.165, 1.54) is 6.92 Å². The molecule has 98 valence electrons. The fraction of sp³-hybridized carbons (Fsp3) is 0.385. The summed E-state index contributed by atoms with van der Waals surface area (Å²) < 4.78 is 5.18. The predicted octanol–water partition coefficient (Wildman–Crippen LogP) is 0.838. The van der Waals surface area contributed by atoms with Gasteiger partial charge in [-0.15, -0.1) is 0 Å². The fourth-order valence-corrected chi connectivity index (χ4v) is 1.48. The lowest BCUT2D eigenvalue weighted by atomic mass is 10.2. The SMILES string of the molecule is COc1ccccc1CNC(=O)CCNC(C)=O. The molecule has 0 atom stereocenters. The number of para-hydroxylation sites is 1. The van der Waals surface area contributed by atoms with Crippen molar-refractivity contribution < 1.29 is 14.3 Å². The van der Waals surface area contributed by atoms with Gasteiger partial charge in [0.05, 0.1) is 7.11 Å². The number of benzene rings is 1. The van der Waals surface area contributed by atoms with Crippen LogP contribution >= 0.6 is 0 Å². The Hall–Kier alpha value is -2.04. The molecule has 2 N–H and O–H groups in total. The number of ether oxygens (including phenoxy) is 1. The van der Waals surface area contributed by atoms with Gasteiger partial charge >= 0.3 is 0 Å². The van der Waals surface area contributed by atoms with E-state index >= 15 is 0 Å². The molecule has 0 unspecified atom stereocenters. The molecule has 0 saturated carbocycles. The molecule has 1 rings (SSSR count). The number of methoxy groups -OCH3 is 1. The number of hydrogen-bond acceptors (Lipinski definition) is 3. The number of nitrogens with one attached hydrogen (secondary N) is 2. The van der Waals surface area contributed by atoms with Crippen LogP contribution in [0.3, 0.4) is 0 Å². The summed E-state index contributed by atoms with van der Waals surface area (Å²) in [6.45, 7) is 2.20. The maximum atomic E-state index is 11.5. The average Bonchev–Trinajstić information content (AvgIpc) is 2.36. The first kappa shape index (κ1) is 14.0. The standard InChI is InChI=1S/C13H18N2O3/c1-10(16)14-8-7-13(17)15-9-11-5-3-4-6-12(11)18-2/h3-6H,7-9H2,1-2H3,(H,14,16)(H,15,17). The van der Waals surface area contributed by atoms with E-state index in [0.29, 0.717) is 13.1 Å². The molecule has 5 nitrogen and oxygen atoms in total. The molecule has 0 spiro atoms. The van der Waals surface area contributed by atoms with Crippen molar-refractivity contribution in [1.82, 2.24) is 10.6 Å². The van der Waals surface area contributed by atoms with Crippen LogP contribution < -0.4 is 15.4 Å². The van der Waals surface area contributed by atoms with Crippen LogP contribution in [0.2, 0.25) is 0 Å². The predicted molar refractivity (Wildman–Crippen MR) is 68.1 cm³/mol. The maximum Gasteiger partial charge on any atom is 0.222 e. The molecule has 0 radical (unpaired) electrons. The third-order valence-corrected chi connectivity index (χ3v) is 2.39. The summed E-state index contributed by atoms with van der Waals surface area (Å²) in [4.78, 5) is 22.1. The molecule has 0 bridgehead atoms. The van der Waals surface area contributed by atoms with E-state index in [0.717, 1.165) is 11.3 Å². The molecule has 0 heterocycles. The first-order valence-electron chi connectivity index (χ1n) is 5.76. The minimum absolute atomic E-state index is 0.102. The van der Waals surface area contributed by atoms with E-state index in [9.17, 15) is 9.59 Å². The van der Waals surface area contributed by atoms with Crippen LogP contribution in [0.5, 0.6) is 5.75 Å². The van der Waals surface area contributed by atoms with E-state index in [-0.39, 0.29) is 18.2 Å². The van der Waals surface area contributed by atoms with E-state index in [1.54, 1.807) is 7.11 Å². The number of carbonyl (C=O) groups is 2. The lowest BCUT2D eigenvalue weighted by Crippen LogP contribution is -2.29. The summed E-state index contributed by atoms with van der Waals surface area (Å²) in [6, 6.07) is 7.51. The minimum Gasteiger partial charge on any atom is -0.496 e. The van der Waals surface area contributed by atoms with Gasteiger partial charge in [-0.25, -0.2) is 0 Å². The molecule has 0 aliphatic carbocycles. The highest BCUT2D eigenvalue weighted by atomic mass is 16.5. The van der Waals surface area contributed by atoms with Gasteiger partial charge in [0, 0.05) is 32.0 Å². The number of hydrogen-bond donors (Lipinski definition) is 2. The molecule has 5 heteroatoms. The van der Waals surface area contributed by atoms with Crippen LogP contribution in [0.1, 0.15) is 18.9 Å². The Balaban J connectivity index is 2.35. The molecular weight excluding hydrogens is 232 g/mol. The highest BCUT2D eigenvalue weighted by molar-refractivity contribution is 5.77. The molecular formula is C13H18N2O3. The first-order chi connectivity index (χ1) is 8.63. The third-order valence-electron chi connectivity index (χ3n) is 2.39. The zero-order valence-corrected chi connectivity index (χ0v) is 10.7. The summed E-state index contributed by atoms with van der Waals surface area (Å²) in [5.74, 6) is 0.516. The Bertz CT molecular complexity index is 418. The molecule has 1 aromatic rings. The average molecular weight is 250 g/mol. The summed E-state index contributed by atoms with van der Waals surface area (Å²) >= 11 is 0. The van der Waals surface area contributed by atoms with Crippen molar-refractivity contribution in [2.45, 2.75) is 19.9 Å². The Morgan fingerprint density at radius 2 is 1.94 bits per heavy atom. The van der Waals surface area contributed by atoms with Gasteiger partial charge in [0.15, 0.2) is 0 Å². The molecule has 0 aromatic heterocycles. The normalized spacial score (nSPS) is 9.67. The van der Waals surface area contributed by atoms with E-state index in [4.69, 9.17) is 4.74 Å². The van der Waals surface area contributed by atoms with Crippen molar-refractivity contribution in [2.24, 2.45) is 0 Å². The molecule has 0 aliphatic heterocycles. The van der Waals surface area contributed by atoms with Crippen LogP contribution in [0, 0.1) is 0 Å². The third kappa shape index (κ3) is 4.86. The maximum absolute atomic E-state index is 11.5. The van der Waals surface area contributed by atoms with Gasteiger partial charge in [-0.2, -0.15) is 0 Å². The largest absolute Gasteiger partial charge is 0.496 e. The van der Waals surface area contributed by atoms with Crippen molar-refractivity contribution >= 4 is 11.8 Å². The van der Waals surface area contributed by atoms with Gasteiger partial charge in [-0.3, -0.25) is 9.59 Å². The fourth-order valence-electron chi connectivity index (χ4n) is 1.48. The number of carbonyl (C=O) groups excluding carboxylic acids is 2. The van der Waals surface area contributed by atoms with E-state index in [1.807, 2.05) is 24.3 Å². The highest BCUT2D eigenvalue weighted by Gasteiger charge is 2.04. The highest BCUT2D eigenvalue weighted by Crippen LogP contribution is 2.16. The lowest BCUT2D eigenvalue weighted by molar-refractivity contribution is -0.121. The van der Waals surface area contributed by atoms with E-state index in [2.05, 4.69) is 10.6 Å². The molecule has 0 fully saturated rings. The van der Waals surface area contributed by atoms with Gasteiger partial charge < -0.3 is 15.4 Å². The second-order valence-corrected chi connectivity index (χ2v) is 3.82. The van der Waals surface area contributed by atoms with Crippen LogP contribution in [-0.4, -0.2) is 25.5 Å². The van der Waals surface area contributed by atoms with Crippen molar-refractivity contribution in [2.75, 3.05) is 13.7 Å². The first-order valence-corrected chi connectivity index (χ1v) is 5.76. The lowest BCUT2D eigenvalue weighted by Gasteiger charge is -2.09. The van der Waals surface area contributed by atoms with Crippen LogP contribution in [0.25, 0.3) is 0 Å². The monoisotopic (exact) mass is 250 g/mol. The summed E-state index contributed by atoms with van der Waals surface area (Å²) in [5, 5.41) is 5.35. The van der Waals surface area contributed by atoms with Crippen molar-refractivity contribution in [3.05, 3.63) is 29.8 Å². The summed E-state index contributed by atoms with van der Waals surface area (Å²) in [5.41, 5.74) is 0.924. The minimum atomic E-state index is -0.132. The van der Waals surface area contributed by atoms with Crippen LogP contribution in [0.4, 0.5) is 0 Å². The molecule has 0 saturated heterocycles. The summed E-state index contributed by atoms with van der Waals surface area (Å²) in [6.07, 6.45) is 0.273. The van der Waals surface area contributed by atoms with Crippen LogP contribution in [-0.2, 0) is 16.1 Å². The Labute approximate surface area is 107 Å².